The molecule has 0 radical (unpaired) electrons. The van der Waals surface area contributed by atoms with Crippen LogP contribution < -0.4 is 10.0 Å². The highest BCUT2D eigenvalue weighted by atomic mass is 79.9. The number of carbonyl (C=O) groups excluding carboxylic acids is 1. The lowest BCUT2D eigenvalue weighted by Crippen LogP contribution is -2.27. The third-order valence-electron chi connectivity index (χ3n) is 2.72. The van der Waals surface area contributed by atoms with Crippen molar-refractivity contribution in [2.24, 2.45) is 0 Å². The molecule has 7 nitrogen and oxygen atoms in total. The van der Waals surface area contributed by atoms with E-state index in [1.807, 2.05) is 0 Å². The number of anilines is 1. The van der Waals surface area contributed by atoms with Crippen LogP contribution in [0.1, 0.15) is 6.92 Å². The second-order valence-electron chi connectivity index (χ2n) is 4.52. The third-order valence-corrected chi connectivity index (χ3v) is 4.61. The second kappa shape index (κ2) is 7.03. The molecule has 9 heteroatoms. The van der Waals surface area contributed by atoms with E-state index in [-0.39, 0.29) is 17.3 Å². The largest absolute Gasteiger partial charge is 0.326 e. The SMILES string of the molecule is CC(=O)Nc1ccc(S(=O)(=O)NCCn2cc(Br)cn2)cc1. The second-order valence-corrected chi connectivity index (χ2v) is 7.21. The number of hydrogen-bond acceptors (Lipinski definition) is 4. The van der Waals surface area contributed by atoms with Gasteiger partial charge in [0.15, 0.2) is 0 Å². The van der Waals surface area contributed by atoms with Crippen molar-refractivity contribution in [1.29, 1.82) is 0 Å². The number of carbonyl (C=O) groups is 1. The number of nitrogens with zero attached hydrogens (tertiary/aromatic N) is 2. The number of aromatic nitrogens is 2. The van der Waals surface area contributed by atoms with Crippen LogP contribution in [-0.4, -0.2) is 30.7 Å². The molecule has 0 saturated carbocycles. The van der Waals surface area contributed by atoms with E-state index in [0.29, 0.717) is 12.2 Å². The molecule has 0 aliphatic rings. The Morgan fingerprint density at radius 2 is 2.00 bits per heavy atom. The van der Waals surface area contributed by atoms with Gasteiger partial charge in [0.2, 0.25) is 15.9 Å². The fourth-order valence-corrected chi connectivity index (χ4v) is 3.11. The fourth-order valence-electron chi connectivity index (χ4n) is 1.76. The topological polar surface area (TPSA) is 93.1 Å². The smallest absolute Gasteiger partial charge is 0.240 e. The molecule has 0 saturated heterocycles. The molecule has 0 atom stereocenters. The van der Waals surface area contributed by atoms with Crippen molar-refractivity contribution < 1.29 is 13.2 Å². The molecule has 0 spiro atoms. The van der Waals surface area contributed by atoms with Gasteiger partial charge in [0.1, 0.15) is 0 Å². The van der Waals surface area contributed by atoms with Crippen LogP contribution in [0.25, 0.3) is 0 Å². The average molecular weight is 387 g/mol. The third kappa shape index (κ3) is 4.65. The number of benzene rings is 1. The first-order valence-corrected chi connectivity index (χ1v) is 8.70. The monoisotopic (exact) mass is 386 g/mol. The molecule has 22 heavy (non-hydrogen) atoms. The number of hydrogen-bond donors (Lipinski definition) is 2. The molecule has 0 aliphatic carbocycles. The van der Waals surface area contributed by atoms with E-state index in [0.717, 1.165) is 4.47 Å². The maximum Gasteiger partial charge on any atom is 0.240 e. The quantitative estimate of drug-likeness (QED) is 0.787. The van der Waals surface area contributed by atoms with E-state index in [4.69, 9.17) is 0 Å². The van der Waals surface area contributed by atoms with Gasteiger partial charge in [0.05, 0.1) is 22.1 Å². The van der Waals surface area contributed by atoms with Gasteiger partial charge in [-0.1, -0.05) is 0 Å². The summed E-state index contributed by atoms with van der Waals surface area (Å²) in [5.41, 5.74) is 0.549. The lowest BCUT2D eigenvalue weighted by molar-refractivity contribution is -0.114. The van der Waals surface area contributed by atoms with Crippen molar-refractivity contribution in [3.05, 3.63) is 41.1 Å². The van der Waals surface area contributed by atoms with Crippen LogP contribution >= 0.6 is 15.9 Å². The molecule has 0 fully saturated rings. The maximum atomic E-state index is 12.1. The minimum atomic E-state index is -3.58. The Labute approximate surface area is 136 Å². The molecule has 1 aromatic heterocycles. The summed E-state index contributed by atoms with van der Waals surface area (Å²) < 4.78 is 29.2. The fraction of sp³-hybridized carbons (Fsp3) is 0.231. The molecule has 2 N–H and O–H groups in total. The molecule has 1 amide bonds. The summed E-state index contributed by atoms with van der Waals surface area (Å²) in [6.07, 6.45) is 3.39. The molecule has 0 unspecified atom stereocenters. The van der Waals surface area contributed by atoms with Gasteiger partial charge < -0.3 is 5.32 Å². The van der Waals surface area contributed by atoms with Crippen molar-refractivity contribution >= 4 is 37.5 Å². The number of nitrogens with one attached hydrogen (secondary N) is 2. The van der Waals surface area contributed by atoms with Crippen molar-refractivity contribution in [3.63, 3.8) is 0 Å². The number of sulfonamides is 1. The maximum absolute atomic E-state index is 12.1. The number of halogens is 1. The van der Waals surface area contributed by atoms with E-state index < -0.39 is 10.0 Å². The lowest BCUT2D eigenvalue weighted by Gasteiger charge is -2.08. The van der Waals surface area contributed by atoms with Gasteiger partial charge in [-0.3, -0.25) is 9.48 Å². The molecular weight excluding hydrogens is 372 g/mol. The normalized spacial score (nSPS) is 11.4. The van der Waals surface area contributed by atoms with E-state index in [9.17, 15) is 13.2 Å². The highest BCUT2D eigenvalue weighted by molar-refractivity contribution is 9.10. The zero-order chi connectivity index (χ0) is 16.2. The number of amides is 1. The average Bonchev–Trinajstić information content (AvgIpc) is 2.84. The molecule has 0 bridgehead atoms. The molecule has 2 rings (SSSR count). The highest BCUT2D eigenvalue weighted by Gasteiger charge is 2.13. The van der Waals surface area contributed by atoms with Gasteiger partial charge in [-0.25, -0.2) is 13.1 Å². The Hall–Kier alpha value is -1.71. The van der Waals surface area contributed by atoms with Gasteiger partial charge >= 0.3 is 0 Å². The summed E-state index contributed by atoms with van der Waals surface area (Å²) >= 11 is 3.27. The molecule has 1 heterocycles. The first-order valence-electron chi connectivity index (χ1n) is 6.42. The predicted molar refractivity (Wildman–Crippen MR) is 85.9 cm³/mol. The van der Waals surface area contributed by atoms with Gasteiger partial charge in [-0.2, -0.15) is 5.10 Å². The summed E-state index contributed by atoms with van der Waals surface area (Å²) in [5.74, 6) is -0.209. The molecule has 2 aromatic rings. The summed E-state index contributed by atoms with van der Waals surface area (Å²) in [7, 11) is -3.58. The van der Waals surface area contributed by atoms with Crippen LogP contribution in [-0.2, 0) is 21.4 Å². The Morgan fingerprint density at radius 3 is 2.55 bits per heavy atom. The molecule has 118 valence electrons. The van der Waals surface area contributed by atoms with E-state index in [2.05, 4.69) is 31.1 Å². The van der Waals surface area contributed by atoms with Crippen LogP contribution in [0, 0.1) is 0 Å². The van der Waals surface area contributed by atoms with Gasteiger partial charge in [-0.15, -0.1) is 0 Å². The summed E-state index contributed by atoms with van der Waals surface area (Å²) in [6, 6.07) is 5.97. The first kappa shape index (κ1) is 16.7. The van der Waals surface area contributed by atoms with Crippen LogP contribution in [0.3, 0.4) is 0 Å². The lowest BCUT2D eigenvalue weighted by atomic mass is 10.3. The number of rotatable bonds is 6. The van der Waals surface area contributed by atoms with Crippen molar-refractivity contribution in [1.82, 2.24) is 14.5 Å². The summed E-state index contributed by atoms with van der Waals surface area (Å²) in [4.78, 5) is 11.1. The van der Waals surface area contributed by atoms with E-state index in [1.54, 1.807) is 29.2 Å². The van der Waals surface area contributed by atoms with Crippen molar-refractivity contribution in [3.8, 4) is 0 Å². The molecular formula is C13H15BrN4O3S. The van der Waals surface area contributed by atoms with Crippen LogP contribution in [0.4, 0.5) is 5.69 Å². The minimum Gasteiger partial charge on any atom is -0.326 e. The zero-order valence-corrected chi connectivity index (χ0v) is 14.2. The highest BCUT2D eigenvalue weighted by Crippen LogP contribution is 2.14. The Kier molecular flexibility index (Phi) is 5.33. The van der Waals surface area contributed by atoms with Gasteiger partial charge in [0, 0.05) is 25.4 Å². The summed E-state index contributed by atoms with van der Waals surface area (Å²) in [5, 5.41) is 6.62. The van der Waals surface area contributed by atoms with Crippen LogP contribution in [0.15, 0.2) is 46.0 Å². The van der Waals surface area contributed by atoms with Crippen molar-refractivity contribution in [2.75, 3.05) is 11.9 Å². The predicted octanol–water partition coefficient (Wildman–Crippen LogP) is 1.58. The van der Waals surface area contributed by atoms with Crippen LogP contribution in [0.5, 0.6) is 0 Å². The molecule has 1 aromatic carbocycles. The first-order chi connectivity index (χ1) is 10.4. The summed E-state index contributed by atoms with van der Waals surface area (Å²) in [6.45, 7) is 2.04. The van der Waals surface area contributed by atoms with E-state index >= 15 is 0 Å². The Bertz CT molecular complexity index is 756. The standard InChI is InChI=1S/C13H15BrN4O3S/c1-10(19)17-12-2-4-13(5-3-12)22(20,21)16-6-7-18-9-11(14)8-15-18/h2-5,8-9,16H,6-7H2,1H3,(H,17,19). The van der Waals surface area contributed by atoms with Gasteiger partial charge in [-0.05, 0) is 40.2 Å². The van der Waals surface area contributed by atoms with Crippen molar-refractivity contribution in [2.45, 2.75) is 18.4 Å². The Balaban J connectivity index is 1.96. The van der Waals surface area contributed by atoms with Crippen LogP contribution in [0.2, 0.25) is 0 Å². The Morgan fingerprint density at radius 1 is 1.32 bits per heavy atom. The molecule has 0 aliphatic heterocycles. The minimum absolute atomic E-state index is 0.142. The van der Waals surface area contributed by atoms with Gasteiger partial charge in [0.25, 0.3) is 0 Å². The van der Waals surface area contributed by atoms with E-state index in [1.165, 1.54) is 19.1 Å². The zero-order valence-electron chi connectivity index (χ0n) is 11.8.